The van der Waals surface area contributed by atoms with E-state index in [1.54, 1.807) is 23.1 Å². The van der Waals surface area contributed by atoms with Crippen molar-refractivity contribution < 1.29 is 9.69 Å². The van der Waals surface area contributed by atoms with Crippen LogP contribution in [-0.4, -0.2) is 42.6 Å². The molecule has 0 saturated carbocycles. The summed E-state index contributed by atoms with van der Waals surface area (Å²) in [6.07, 6.45) is 3.12. The molecular formula is C20H32Cl2N3O+. The number of likely N-dealkylation sites (tertiary alicyclic amines) is 1. The Labute approximate surface area is 167 Å². The van der Waals surface area contributed by atoms with Crippen LogP contribution in [-0.2, 0) is 0 Å². The molecule has 0 spiro atoms. The molecule has 0 bridgehead atoms. The van der Waals surface area contributed by atoms with E-state index in [0.29, 0.717) is 33.7 Å². The Morgan fingerprint density at radius 2 is 1.85 bits per heavy atom. The third-order valence-corrected chi connectivity index (χ3v) is 5.97. The van der Waals surface area contributed by atoms with E-state index in [1.807, 2.05) is 4.90 Å². The number of rotatable bonds is 6. The monoisotopic (exact) mass is 400 g/mol. The summed E-state index contributed by atoms with van der Waals surface area (Å²) in [6.45, 7) is 12.0. The van der Waals surface area contributed by atoms with Crippen molar-refractivity contribution in [2.45, 2.75) is 59.0 Å². The van der Waals surface area contributed by atoms with Gasteiger partial charge in [-0.15, -0.1) is 0 Å². The first-order chi connectivity index (χ1) is 12.3. The van der Waals surface area contributed by atoms with Crippen LogP contribution in [0.1, 0.15) is 47.0 Å². The minimum atomic E-state index is -0.0398. The zero-order valence-electron chi connectivity index (χ0n) is 16.3. The number of carbonyl (C=O) groups is 1. The number of hydrogen-bond acceptors (Lipinski definition) is 1. The van der Waals surface area contributed by atoms with Crippen molar-refractivity contribution in [3.63, 3.8) is 0 Å². The lowest BCUT2D eigenvalue weighted by Gasteiger charge is -2.38. The molecule has 1 fully saturated rings. The molecule has 146 valence electrons. The summed E-state index contributed by atoms with van der Waals surface area (Å²) >= 11 is 12.0. The van der Waals surface area contributed by atoms with Gasteiger partial charge in [-0.2, -0.15) is 0 Å². The lowest BCUT2D eigenvalue weighted by molar-refractivity contribution is -0.926. The highest BCUT2D eigenvalue weighted by molar-refractivity contribution is 6.42. The minimum Gasteiger partial charge on any atom is -0.333 e. The van der Waals surface area contributed by atoms with Gasteiger partial charge in [-0.1, -0.05) is 37.0 Å². The lowest BCUT2D eigenvalue weighted by atomic mass is 10.0. The van der Waals surface area contributed by atoms with Crippen LogP contribution in [0.25, 0.3) is 0 Å². The number of anilines is 1. The molecule has 1 aromatic carbocycles. The molecule has 26 heavy (non-hydrogen) atoms. The van der Waals surface area contributed by atoms with Gasteiger partial charge >= 0.3 is 6.03 Å². The van der Waals surface area contributed by atoms with Crippen LogP contribution in [0.4, 0.5) is 10.5 Å². The first kappa shape index (κ1) is 21.3. The Hall–Kier alpha value is -0.970. The van der Waals surface area contributed by atoms with Gasteiger partial charge in [-0.05, 0) is 44.4 Å². The number of piperidine rings is 1. The third-order valence-electron chi connectivity index (χ3n) is 5.23. The topological polar surface area (TPSA) is 36.8 Å². The van der Waals surface area contributed by atoms with E-state index in [4.69, 9.17) is 23.2 Å². The molecular weight excluding hydrogens is 369 g/mol. The molecule has 1 aliphatic rings. The summed E-state index contributed by atoms with van der Waals surface area (Å²) in [5.74, 6) is 0.566. The molecule has 4 nitrogen and oxygen atoms in total. The highest BCUT2D eigenvalue weighted by Crippen LogP contribution is 2.25. The molecule has 0 aliphatic carbocycles. The fourth-order valence-electron chi connectivity index (χ4n) is 3.48. The predicted octanol–water partition coefficient (Wildman–Crippen LogP) is 4.33. The summed E-state index contributed by atoms with van der Waals surface area (Å²) in [7, 11) is 0. The number of urea groups is 1. The van der Waals surface area contributed by atoms with Crippen molar-refractivity contribution in [3.8, 4) is 0 Å². The molecule has 2 amide bonds. The van der Waals surface area contributed by atoms with E-state index in [0.717, 1.165) is 38.9 Å². The smallest absolute Gasteiger partial charge is 0.322 e. The number of hydrogen-bond donors (Lipinski definition) is 2. The van der Waals surface area contributed by atoms with Crippen LogP contribution in [0, 0.1) is 5.92 Å². The molecule has 1 aromatic rings. The molecule has 0 radical (unpaired) electrons. The van der Waals surface area contributed by atoms with E-state index in [9.17, 15) is 4.79 Å². The second-order valence-corrected chi connectivity index (χ2v) is 8.79. The Morgan fingerprint density at radius 1 is 1.19 bits per heavy atom. The maximum atomic E-state index is 13.0. The Kier molecular flexibility index (Phi) is 8.05. The second-order valence-electron chi connectivity index (χ2n) is 7.98. The van der Waals surface area contributed by atoms with Crippen molar-refractivity contribution in [1.82, 2.24) is 4.90 Å². The first-order valence-electron chi connectivity index (χ1n) is 9.65. The van der Waals surface area contributed by atoms with Gasteiger partial charge in [0.2, 0.25) is 0 Å². The van der Waals surface area contributed by atoms with Crippen LogP contribution in [0.5, 0.6) is 0 Å². The summed E-state index contributed by atoms with van der Waals surface area (Å²) in [5.41, 5.74) is 0.684. The minimum absolute atomic E-state index is 0.0398. The van der Waals surface area contributed by atoms with Crippen LogP contribution in [0.3, 0.4) is 0 Å². The van der Waals surface area contributed by atoms with Crippen molar-refractivity contribution in [1.29, 1.82) is 0 Å². The zero-order valence-corrected chi connectivity index (χ0v) is 17.8. The third kappa shape index (κ3) is 6.04. The Bertz CT molecular complexity index is 599. The Balaban J connectivity index is 2.05. The van der Waals surface area contributed by atoms with Crippen LogP contribution < -0.4 is 10.2 Å². The highest BCUT2D eigenvalue weighted by atomic mass is 35.5. The van der Waals surface area contributed by atoms with E-state index in [-0.39, 0.29) is 6.03 Å². The van der Waals surface area contributed by atoms with Crippen LogP contribution in [0.15, 0.2) is 18.2 Å². The van der Waals surface area contributed by atoms with Crippen molar-refractivity contribution in [2.24, 2.45) is 5.92 Å². The number of carbonyl (C=O) groups excluding carboxylic acids is 1. The standard InChI is InChI=1S/C20H31Cl2N3O/c1-14(2)7-12-25(17-8-10-24(11-9-17)15(3)4)20(26)23-16-5-6-18(21)19(22)13-16/h5-6,13-15,17H,7-12H2,1-4H3,(H,23,26)/p+1. The molecule has 1 heterocycles. The summed E-state index contributed by atoms with van der Waals surface area (Å²) in [4.78, 5) is 16.6. The summed E-state index contributed by atoms with van der Waals surface area (Å²) < 4.78 is 0. The van der Waals surface area contributed by atoms with Gasteiger partial charge in [0.15, 0.2) is 0 Å². The molecule has 0 aromatic heterocycles. The van der Waals surface area contributed by atoms with Crippen molar-refractivity contribution in [2.75, 3.05) is 25.0 Å². The maximum Gasteiger partial charge on any atom is 0.322 e. The molecule has 6 heteroatoms. The summed E-state index contributed by atoms with van der Waals surface area (Å²) in [6, 6.07) is 6.11. The van der Waals surface area contributed by atoms with E-state index in [1.165, 1.54) is 0 Å². The van der Waals surface area contributed by atoms with Crippen molar-refractivity contribution >= 4 is 34.9 Å². The van der Waals surface area contributed by atoms with Crippen LogP contribution in [0.2, 0.25) is 10.0 Å². The molecule has 1 aliphatic heterocycles. The number of amides is 2. The van der Waals surface area contributed by atoms with Gasteiger partial charge in [0.05, 0.1) is 29.2 Å². The fraction of sp³-hybridized carbons (Fsp3) is 0.650. The average Bonchev–Trinajstić information content (AvgIpc) is 2.58. The SMILES string of the molecule is CC(C)CCN(C(=O)Nc1ccc(Cl)c(Cl)c1)C1CC[NH+](C(C)C)CC1. The van der Waals surface area contributed by atoms with Gasteiger partial charge < -0.3 is 15.1 Å². The summed E-state index contributed by atoms with van der Waals surface area (Å²) in [5, 5.41) is 3.94. The first-order valence-corrected chi connectivity index (χ1v) is 10.4. The van der Waals surface area contributed by atoms with E-state index < -0.39 is 0 Å². The van der Waals surface area contributed by atoms with E-state index >= 15 is 0 Å². The zero-order chi connectivity index (χ0) is 19.3. The molecule has 0 unspecified atom stereocenters. The van der Waals surface area contributed by atoms with Gasteiger partial charge in [0.1, 0.15) is 0 Å². The van der Waals surface area contributed by atoms with Crippen LogP contribution >= 0.6 is 23.2 Å². The molecule has 1 saturated heterocycles. The van der Waals surface area contributed by atoms with Gasteiger partial charge in [0.25, 0.3) is 0 Å². The molecule has 2 rings (SSSR count). The van der Waals surface area contributed by atoms with E-state index in [2.05, 4.69) is 33.0 Å². The van der Waals surface area contributed by atoms with Gasteiger partial charge in [-0.3, -0.25) is 0 Å². The largest absolute Gasteiger partial charge is 0.333 e. The van der Waals surface area contributed by atoms with Gasteiger partial charge in [0, 0.05) is 31.1 Å². The second kappa shape index (κ2) is 9.82. The highest BCUT2D eigenvalue weighted by Gasteiger charge is 2.30. The Morgan fingerprint density at radius 3 is 2.38 bits per heavy atom. The maximum absolute atomic E-state index is 13.0. The predicted molar refractivity (Wildman–Crippen MR) is 110 cm³/mol. The van der Waals surface area contributed by atoms with Gasteiger partial charge in [-0.25, -0.2) is 4.79 Å². The number of benzene rings is 1. The molecule has 0 atom stereocenters. The quantitative estimate of drug-likeness (QED) is 0.732. The number of quaternary nitrogens is 1. The fourth-order valence-corrected chi connectivity index (χ4v) is 3.78. The molecule has 2 N–H and O–H groups in total. The normalized spacial score (nSPS) is 20.5. The number of halogens is 2. The number of nitrogens with zero attached hydrogens (tertiary/aromatic N) is 1. The lowest BCUT2D eigenvalue weighted by Crippen LogP contribution is -3.16. The number of nitrogens with one attached hydrogen (secondary N) is 2. The van der Waals surface area contributed by atoms with Crippen molar-refractivity contribution in [3.05, 3.63) is 28.2 Å². The average molecular weight is 401 g/mol.